The van der Waals surface area contributed by atoms with Gasteiger partial charge < -0.3 is 14.2 Å². The Balaban J connectivity index is 0.000000169. The van der Waals surface area contributed by atoms with Crippen LogP contribution in [0.1, 0.15) is 30.9 Å². The van der Waals surface area contributed by atoms with Crippen LogP contribution in [-0.4, -0.2) is 26.3 Å². The Bertz CT molecular complexity index is 963. The van der Waals surface area contributed by atoms with Crippen molar-refractivity contribution in [1.82, 2.24) is 0 Å². The fraction of sp³-hybridized carbons (Fsp3) is 0.261. The molecular weight excluding hydrogens is 500 g/mol. The number of hydrogen-bond donors (Lipinski definition) is 0. The van der Waals surface area contributed by atoms with E-state index in [2.05, 4.69) is 50.9 Å². The van der Waals surface area contributed by atoms with Gasteiger partial charge in [-0.15, -0.1) is 0 Å². The topological polar surface area (TPSA) is 44.8 Å². The molecule has 0 spiro atoms. The number of hydrogen-bond acceptors (Lipinski definition) is 4. The van der Waals surface area contributed by atoms with E-state index in [0.29, 0.717) is 24.4 Å². The van der Waals surface area contributed by atoms with Gasteiger partial charge in [-0.3, -0.25) is 0 Å². The first kappa shape index (κ1) is 21.7. The molecule has 2 heterocycles. The zero-order chi connectivity index (χ0) is 20.8. The minimum absolute atomic E-state index is 0.325. The average molecular weight is 522 g/mol. The van der Waals surface area contributed by atoms with Gasteiger partial charge in [-0.05, 0) is 48.9 Å². The van der Waals surface area contributed by atoms with Gasteiger partial charge in [-0.1, -0.05) is 44.0 Å². The summed E-state index contributed by atoms with van der Waals surface area (Å²) in [5.41, 5.74) is 3.87. The Morgan fingerprint density at radius 1 is 0.897 bits per heavy atom. The maximum Gasteiger partial charge on any atom is 0.338 e. The number of ether oxygens (including phenoxy) is 3. The molecule has 2 aromatic carbocycles. The number of methoxy groups -OCH3 is 1. The second kappa shape index (κ2) is 10.1. The molecular formula is C23H22Br2O4. The van der Waals surface area contributed by atoms with Crippen molar-refractivity contribution in [2.75, 3.05) is 20.3 Å². The van der Waals surface area contributed by atoms with Gasteiger partial charge in [-0.25, -0.2) is 4.79 Å². The average Bonchev–Trinajstić information content (AvgIpc) is 3.03. The largest absolute Gasteiger partial charge is 0.493 e. The third-order valence-corrected chi connectivity index (χ3v) is 5.54. The summed E-state index contributed by atoms with van der Waals surface area (Å²) in [4.78, 5) is 11.6. The first-order chi connectivity index (χ1) is 14.0. The Morgan fingerprint density at radius 3 is 2.07 bits per heavy atom. The lowest BCUT2D eigenvalue weighted by Crippen LogP contribution is -2.04. The smallest absolute Gasteiger partial charge is 0.338 e. The van der Waals surface area contributed by atoms with E-state index in [1.807, 2.05) is 36.4 Å². The van der Waals surface area contributed by atoms with Crippen molar-refractivity contribution >= 4 is 49.0 Å². The number of carbonyl (C=O) groups excluding carboxylic acids is 1. The van der Waals surface area contributed by atoms with Crippen molar-refractivity contribution in [2.24, 2.45) is 0 Å². The van der Waals surface area contributed by atoms with Crippen molar-refractivity contribution < 1.29 is 19.0 Å². The third-order valence-electron chi connectivity index (χ3n) is 4.56. The van der Waals surface area contributed by atoms with E-state index in [9.17, 15) is 4.79 Å². The van der Waals surface area contributed by atoms with Gasteiger partial charge >= 0.3 is 5.97 Å². The van der Waals surface area contributed by atoms with E-state index in [4.69, 9.17) is 14.2 Å². The Morgan fingerprint density at radius 2 is 1.45 bits per heavy atom. The molecule has 0 aliphatic carbocycles. The summed E-state index contributed by atoms with van der Waals surface area (Å²) in [6.07, 6.45) is 5.78. The van der Waals surface area contributed by atoms with Gasteiger partial charge in [0.05, 0.1) is 25.9 Å². The first-order valence-electron chi connectivity index (χ1n) is 9.30. The van der Waals surface area contributed by atoms with Crippen molar-refractivity contribution in [3.05, 3.63) is 68.6 Å². The van der Waals surface area contributed by atoms with E-state index in [0.717, 1.165) is 33.3 Å². The fourth-order valence-corrected chi connectivity index (χ4v) is 3.80. The Labute approximate surface area is 187 Å². The molecule has 29 heavy (non-hydrogen) atoms. The number of rotatable bonds is 1. The highest BCUT2D eigenvalue weighted by molar-refractivity contribution is 9.10. The molecule has 6 heteroatoms. The number of carbonyl (C=O) groups is 1. The van der Waals surface area contributed by atoms with Gasteiger partial charge in [0.1, 0.15) is 11.5 Å². The molecule has 0 aromatic heterocycles. The van der Waals surface area contributed by atoms with Crippen molar-refractivity contribution in [1.29, 1.82) is 0 Å². The molecule has 0 saturated heterocycles. The van der Waals surface area contributed by atoms with Crippen LogP contribution in [-0.2, 0) is 9.53 Å². The van der Waals surface area contributed by atoms with Crippen LogP contribution in [0.5, 0.6) is 11.5 Å². The number of fused-ring (bicyclic) bond motifs is 2. The van der Waals surface area contributed by atoms with Gasteiger partial charge in [0.25, 0.3) is 0 Å². The molecule has 0 fully saturated rings. The molecule has 4 nitrogen and oxygen atoms in total. The van der Waals surface area contributed by atoms with Crippen LogP contribution in [0.3, 0.4) is 0 Å². The summed E-state index contributed by atoms with van der Waals surface area (Å²) in [6, 6.07) is 11.8. The minimum atomic E-state index is -0.325. The molecule has 2 aromatic rings. The molecule has 0 bridgehead atoms. The predicted octanol–water partition coefficient (Wildman–Crippen LogP) is 6.42. The summed E-state index contributed by atoms with van der Waals surface area (Å²) in [7, 11) is 1.38. The summed E-state index contributed by atoms with van der Waals surface area (Å²) in [5.74, 6) is 1.37. The van der Waals surface area contributed by atoms with E-state index in [-0.39, 0.29) is 5.97 Å². The van der Waals surface area contributed by atoms with E-state index in [1.165, 1.54) is 18.2 Å². The van der Waals surface area contributed by atoms with Crippen LogP contribution in [0, 0.1) is 0 Å². The maximum absolute atomic E-state index is 11.6. The van der Waals surface area contributed by atoms with Crippen molar-refractivity contribution in [3.8, 4) is 11.5 Å². The van der Waals surface area contributed by atoms with Crippen molar-refractivity contribution in [2.45, 2.75) is 19.8 Å². The number of allylic oxidation sites excluding steroid dienone is 1. The summed E-state index contributed by atoms with van der Waals surface area (Å²) in [6.45, 7) is 3.48. The number of benzene rings is 2. The lowest BCUT2D eigenvalue weighted by molar-refractivity contribution is -0.133. The molecule has 0 saturated carbocycles. The third kappa shape index (κ3) is 5.52. The van der Waals surface area contributed by atoms with Gasteiger partial charge in [0, 0.05) is 32.9 Å². The van der Waals surface area contributed by atoms with Crippen LogP contribution < -0.4 is 9.47 Å². The van der Waals surface area contributed by atoms with Crippen LogP contribution >= 0.6 is 31.9 Å². The molecule has 0 atom stereocenters. The highest BCUT2D eigenvalue weighted by Gasteiger charge is 2.19. The monoisotopic (exact) mass is 520 g/mol. The highest BCUT2D eigenvalue weighted by Crippen LogP contribution is 2.33. The van der Waals surface area contributed by atoms with Crippen molar-refractivity contribution in [3.63, 3.8) is 0 Å². The molecule has 0 amide bonds. The van der Waals surface area contributed by atoms with Crippen LogP contribution in [0.15, 0.2) is 57.5 Å². The van der Waals surface area contributed by atoms with Crippen LogP contribution in [0.2, 0.25) is 0 Å². The molecule has 152 valence electrons. The normalized spacial score (nSPS) is 14.8. The second-order valence-corrected chi connectivity index (χ2v) is 8.38. The standard InChI is InChI=1S/C12H11BrO3.C11H11BrO/c1-15-12(14)10-3-2-6-16-11-7-8(13)4-5-9(10)11;1-8-3-2-6-13-11-7-9(12)4-5-10(8)11/h3-5,7H,2,6H2,1H3;3-5,7H,2,6H2,1H3. The van der Waals surface area contributed by atoms with Crippen LogP contribution in [0.4, 0.5) is 0 Å². The van der Waals surface area contributed by atoms with Gasteiger partial charge in [0.15, 0.2) is 0 Å². The Kier molecular flexibility index (Phi) is 7.56. The molecule has 0 unspecified atom stereocenters. The molecule has 2 aliphatic heterocycles. The number of halogens is 2. The van der Waals surface area contributed by atoms with E-state index in [1.54, 1.807) is 0 Å². The summed E-state index contributed by atoms with van der Waals surface area (Å²) in [5, 5.41) is 0. The van der Waals surface area contributed by atoms with Gasteiger partial charge in [-0.2, -0.15) is 0 Å². The van der Waals surface area contributed by atoms with E-state index >= 15 is 0 Å². The molecule has 4 rings (SSSR count). The summed E-state index contributed by atoms with van der Waals surface area (Å²) < 4.78 is 17.9. The zero-order valence-electron chi connectivity index (χ0n) is 16.3. The highest BCUT2D eigenvalue weighted by atomic mass is 79.9. The molecule has 2 aliphatic rings. The van der Waals surface area contributed by atoms with E-state index < -0.39 is 0 Å². The molecule has 0 N–H and O–H groups in total. The predicted molar refractivity (Wildman–Crippen MR) is 122 cm³/mol. The maximum atomic E-state index is 11.6. The van der Waals surface area contributed by atoms with Gasteiger partial charge in [0.2, 0.25) is 0 Å². The molecule has 0 radical (unpaired) electrons. The SMILES string of the molecule is CC1=CCCOc2cc(Br)ccc21.COC(=O)C1=CCCOc2cc(Br)ccc21. The fourth-order valence-electron chi connectivity index (χ4n) is 3.12. The second-order valence-electron chi connectivity index (χ2n) is 6.55. The minimum Gasteiger partial charge on any atom is -0.493 e. The summed E-state index contributed by atoms with van der Waals surface area (Å²) >= 11 is 6.81. The zero-order valence-corrected chi connectivity index (χ0v) is 19.5. The lowest BCUT2D eigenvalue weighted by Gasteiger charge is -2.09. The lowest BCUT2D eigenvalue weighted by atomic mass is 10.0. The Hall–Kier alpha value is -2.05. The quantitative estimate of drug-likeness (QED) is 0.406. The first-order valence-corrected chi connectivity index (χ1v) is 10.9. The van der Waals surface area contributed by atoms with Crippen LogP contribution in [0.25, 0.3) is 11.1 Å². The number of esters is 1.